The maximum Gasteiger partial charge on any atom is 0.225 e. The Morgan fingerprint density at radius 3 is 2.54 bits per heavy atom. The van der Waals surface area contributed by atoms with Gasteiger partial charge in [0.25, 0.3) is 0 Å². The van der Waals surface area contributed by atoms with Gasteiger partial charge in [0.05, 0.1) is 12.5 Å². The highest BCUT2D eigenvalue weighted by molar-refractivity contribution is 5.79. The molecule has 0 bridgehead atoms. The maximum atomic E-state index is 11.6. The Bertz CT molecular complexity index is 196. The molecule has 1 unspecified atom stereocenters. The van der Waals surface area contributed by atoms with Gasteiger partial charge in [0.2, 0.25) is 5.91 Å². The zero-order valence-electron chi connectivity index (χ0n) is 8.96. The number of rotatable bonds is 2. The molecule has 13 heavy (non-hydrogen) atoms. The van der Waals surface area contributed by atoms with Crippen LogP contribution >= 0.6 is 0 Å². The molecule has 1 aliphatic rings. The van der Waals surface area contributed by atoms with Crippen molar-refractivity contribution in [1.82, 2.24) is 4.90 Å². The third-order valence-electron chi connectivity index (χ3n) is 2.30. The van der Waals surface area contributed by atoms with Crippen LogP contribution in [0.1, 0.15) is 34.1 Å². The lowest BCUT2D eigenvalue weighted by molar-refractivity contribution is -0.131. The van der Waals surface area contributed by atoms with E-state index >= 15 is 0 Å². The van der Waals surface area contributed by atoms with E-state index in [0.29, 0.717) is 13.0 Å². The lowest BCUT2D eigenvalue weighted by Crippen LogP contribution is -2.42. The molecule has 1 saturated heterocycles. The Balaban J connectivity index is 2.57. The maximum absolute atomic E-state index is 11.6. The molecule has 0 spiro atoms. The number of ether oxygens (including phenoxy) is 1. The molecule has 0 saturated carbocycles. The molecule has 0 radical (unpaired) electrons. The molecule has 1 atom stereocenters. The van der Waals surface area contributed by atoms with Crippen molar-refractivity contribution in [2.45, 2.75) is 45.8 Å². The predicted molar refractivity (Wildman–Crippen MR) is 51.5 cm³/mol. The number of hydrogen-bond donors (Lipinski definition) is 0. The van der Waals surface area contributed by atoms with Crippen LogP contribution in [0.3, 0.4) is 0 Å². The van der Waals surface area contributed by atoms with Crippen molar-refractivity contribution in [3.05, 3.63) is 0 Å². The van der Waals surface area contributed by atoms with Crippen molar-refractivity contribution in [3.8, 4) is 0 Å². The van der Waals surface area contributed by atoms with E-state index in [1.807, 2.05) is 11.8 Å². The minimum Gasteiger partial charge on any atom is -0.376 e. The number of hydrogen-bond acceptors (Lipinski definition) is 2. The smallest absolute Gasteiger partial charge is 0.225 e. The van der Waals surface area contributed by atoms with Gasteiger partial charge in [0, 0.05) is 18.7 Å². The molecule has 1 fully saturated rings. The fraction of sp³-hybridized carbons (Fsp3) is 0.900. The first-order valence-electron chi connectivity index (χ1n) is 4.87. The van der Waals surface area contributed by atoms with Crippen LogP contribution in [0, 0.1) is 0 Å². The average molecular weight is 185 g/mol. The summed E-state index contributed by atoms with van der Waals surface area (Å²) >= 11 is 0. The second-order valence-corrected chi connectivity index (χ2v) is 4.46. The largest absolute Gasteiger partial charge is 0.376 e. The summed E-state index contributed by atoms with van der Waals surface area (Å²) in [5, 5.41) is 0. The van der Waals surface area contributed by atoms with Gasteiger partial charge >= 0.3 is 0 Å². The van der Waals surface area contributed by atoms with E-state index in [-0.39, 0.29) is 17.6 Å². The first-order chi connectivity index (χ1) is 5.95. The van der Waals surface area contributed by atoms with Crippen LogP contribution < -0.4 is 0 Å². The SMILES string of the molecule is CCOC1CC(=O)N(C(C)(C)C)C1. The zero-order chi connectivity index (χ0) is 10.1. The van der Waals surface area contributed by atoms with Crippen LogP contribution in [0.5, 0.6) is 0 Å². The fourth-order valence-electron chi connectivity index (χ4n) is 1.67. The van der Waals surface area contributed by atoms with Crippen LogP contribution in [-0.4, -0.2) is 35.6 Å². The molecule has 1 amide bonds. The zero-order valence-corrected chi connectivity index (χ0v) is 8.96. The van der Waals surface area contributed by atoms with Crippen LogP contribution in [-0.2, 0) is 9.53 Å². The molecule has 1 rings (SSSR count). The van der Waals surface area contributed by atoms with E-state index in [9.17, 15) is 4.79 Å². The predicted octanol–water partition coefficient (Wildman–Crippen LogP) is 1.42. The van der Waals surface area contributed by atoms with Gasteiger partial charge < -0.3 is 9.64 Å². The van der Waals surface area contributed by atoms with Gasteiger partial charge in [0.1, 0.15) is 0 Å². The Kier molecular flexibility index (Phi) is 2.96. The molecule has 0 aromatic rings. The summed E-state index contributed by atoms with van der Waals surface area (Å²) in [6.07, 6.45) is 0.655. The standard InChI is InChI=1S/C10H19NO2/c1-5-13-8-6-9(12)11(7-8)10(2,3)4/h8H,5-7H2,1-4H3. The van der Waals surface area contributed by atoms with E-state index in [0.717, 1.165) is 6.54 Å². The lowest BCUT2D eigenvalue weighted by Gasteiger charge is -2.31. The van der Waals surface area contributed by atoms with Crippen LogP contribution in [0.2, 0.25) is 0 Å². The van der Waals surface area contributed by atoms with Crippen molar-refractivity contribution in [1.29, 1.82) is 0 Å². The third-order valence-corrected chi connectivity index (χ3v) is 2.30. The molecular weight excluding hydrogens is 166 g/mol. The second-order valence-electron chi connectivity index (χ2n) is 4.46. The first-order valence-corrected chi connectivity index (χ1v) is 4.87. The summed E-state index contributed by atoms with van der Waals surface area (Å²) in [4.78, 5) is 13.4. The average Bonchev–Trinajstić information content (AvgIpc) is 2.30. The number of nitrogens with zero attached hydrogens (tertiary/aromatic N) is 1. The molecule has 0 aromatic heterocycles. The van der Waals surface area contributed by atoms with Gasteiger partial charge in [-0.25, -0.2) is 0 Å². The minimum absolute atomic E-state index is 0.0665. The van der Waals surface area contributed by atoms with E-state index in [1.54, 1.807) is 0 Å². The number of likely N-dealkylation sites (tertiary alicyclic amines) is 1. The molecule has 1 aliphatic heterocycles. The second kappa shape index (κ2) is 3.66. The highest BCUT2D eigenvalue weighted by atomic mass is 16.5. The summed E-state index contributed by atoms with van der Waals surface area (Å²) in [7, 11) is 0. The third kappa shape index (κ3) is 2.44. The van der Waals surface area contributed by atoms with Crippen molar-refractivity contribution in [2.75, 3.05) is 13.2 Å². The molecule has 0 aliphatic carbocycles. The van der Waals surface area contributed by atoms with Gasteiger partial charge in [-0.1, -0.05) is 0 Å². The van der Waals surface area contributed by atoms with Gasteiger partial charge in [-0.15, -0.1) is 0 Å². The van der Waals surface area contributed by atoms with Gasteiger partial charge in [0.15, 0.2) is 0 Å². The number of carbonyl (C=O) groups excluding carboxylic acids is 1. The number of carbonyl (C=O) groups is 1. The Morgan fingerprint density at radius 2 is 2.15 bits per heavy atom. The Morgan fingerprint density at radius 1 is 1.54 bits per heavy atom. The summed E-state index contributed by atoms with van der Waals surface area (Å²) in [6.45, 7) is 9.56. The van der Waals surface area contributed by atoms with E-state index in [4.69, 9.17) is 4.74 Å². The van der Waals surface area contributed by atoms with Crippen molar-refractivity contribution >= 4 is 5.91 Å². The quantitative estimate of drug-likeness (QED) is 0.651. The van der Waals surface area contributed by atoms with Crippen molar-refractivity contribution < 1.29 is 9.53 Å². The summed E-state index contributed by atoms with van der Waals surface area (Å²) < 4.78 is 5.44. The molecule has 3 heteroatoms. The summed E-state index contributed by atoms with van der Waals surface area (Å²) in [6, 6.07) is 0. The van der Waals surface area contributed by atoms with E-state index < -0.39 is 0 Å². The Labute approximate surface area is 80.1 Å². The summed E-state index contributed by atoms with van der Waals surface area (Å²) in [5.74, 6) is 0.214. The van der Waals surface area contributed by atoms with Crippen molar-refractivity contribution in [2.24, 2.45) is 0 Å². The first kappa shape index (κ1) is 10.5. The van der Waals surface area contributed by atoms with Crippen LogP contribution in [0.15, 0.2) is 0 Å². The fourth-order valence-corrected chi connectivity index (χ4v) is 1.67. The van der Waals surface area contributed by atoms with E-state index in [2.05, 4.69) is 20.8 Å². The molecule has 0 N–H and O–H groups in total. The molecule has 3 nitrogen and oxygen atoms in total. The van der Waals surface area contributed by atoms with E-state index in [1.165, 1.54) is 0 Å². The van der Waals surface area contributed by atoms with Gasteiger partial charge in [-0.3, -0.25) is 4.79 Å². The molecular formula is C10H19NO2. The normalized spacial score (nSPS) is 24.2. The topological polar surface area (TPSA) is 29.5 Å². The monoisotopic (exact) mass is 185 g/mol. The van der Waals surface area contributed by atoms with Crippen LogP contribution in [0.25, 0.3) is 0 Å². The molecule has 0 aromatic carbocycles. The van der Waals surface area contributed by atoms with Gasteiger partial charge in [-0.2, -0.15) is 0 Å². The highest BCUT2D eigenvalue weighted by Gasteiger charge is 2.36. The minimum atomic E-state index is -0.0665. The molecule has 1 heterocycles. The van der Waals surface area contributed by atoms with Gasteiger partial charge in [-0.05, 0) is 27.7 Å². The van der Waals surface area contributed by atoms with Crippen LogP contribution in [0.4, 0.5) is 0 Å². The highest BCUT2D eigenvalue weighted by Crippen LogP contribution is 2.23. The van der Waals surface area contributed by atoms with Crippen molar-refractivity contribution in [3.63, 3.8) is 0 Å². The summed E-state index contributed by atoms with van der Waals surface area (Å²) in [5.41, 5.74) is -0.0665. The molecule has 76 valence electrons. The number of amides is 1. The Hall–Kier alpha value is -0.570. The lowest BCUT2D eigenvalue weighted by atomic mass is 10.1.